The van der Waals surface area contributed by atoms with Crippen molar-refractivity contribution in [3.05, 3.63) is 59.1 Å². The van der Waals surface area contributed by atoms with Gasteiger partial charge in [-0.15, -0.1) is 0 Å². The molecule has 138 valence electrons. The molecule has 3 rings (SSSR count). The zero-order valence-corrected chi connectivity index (χ0v) is 16.1. The fraction of sp³-hybridized carbons (Fsp3) is 0.316. The molecule has 5 nitrogen and oxygen atoms in total. The van der Waals surface area contributed by atoms with Crippen LogP contribution in [0.1, 0.15) is 24.8 Å². The van der Waals surface area contributed by atoms with E-state index in [1.807, 2.05) is 13.0 Å². The molecule has 2 aromatic rings. The van der Waals surface area contributed by atoms with Gasteiger partial charge < -0.3 is 5.32 Å². The van der Waals surface area contributed by atoms with Crippen molar-refractivity contribution in [2.45, 2.75) is 37.1 Å². The molecule has 1 aliphatic rings. The number of benzene rings is 2. The Morgan fingerprint density at radius 3 is 2.58 bits per heavy atom. The highest BCUT2D eigenvalue weighted by atomic mass is 35.5. The van der Waals surface area contributed by atoms with Crippen LogP contribution >= 0.6 is 11.6 Å². The molecule has 1 saturated heterocycles. The van der Waals surface area contributed by atoms with Gasteiger partial charge in [0.2, 0.25) is 15.9 Å². The Balaban J connectivity index is 1.84. The van der Waals surface area contributed by atoms with Crippen molar-refractivity contribution in [1.82, 2.24) is 4.31 Å². The van der Waals surface area contributed by atoms with E-state index < -0.39 is 16.1 Å². The number of halogens is 1. The Bertz CT molecular complexity index is 900. The maximum absolute atomic E-state index is 13.0. The van der Waals surface area contributed by atoms with Gasteiger partial charge in [-0.25, -0.2) is 8.42 Å². The molecule has 0 spiro atoms. The lowest BCUT2D eigenvalue weighted by Crippen LogP contribution is -2.49. The standard InChI is InChI=1S/C19H21ClN2O3S/c1-14-10-11-15(13-17(14)20)21-19(23)18-9-5-6-12-22(18)26(24,25)16-7-3-2-4-8-16/h2-4,7-8,10-11,13,18H,5-6,9,12H2,1H3,(H,21,23)/t18-/m0/s1. The van der Waals surface area contributed by atoms with Crippen molar-refractivity contribution < 1.29 is 13.2 Å². The Labute approximate surface area is 159 Å². The Hall–Kier alpha value is -1.89. The number of sulfonamides is 1. The van der Waals surface area contributed by atoms with E-state index in [1.165, 1.54) is 4.31 Å². The van der Waals surface area contributed by atoms with Crippen LogP contribution in [0.4, 0.5) is 5.69 Å². The van der Waals surface area contributed by atoms with Crippen molar-refractivity contribution in [2.24, 2.45) is 0 Å². The quantitative estimate of drug-likeness (QED) is 0.859. The van der Waals surface area contributed by atoms with Crippen molar-refractivity contribution in [1.29, 1.82) is 0 Å². The molecule has 1 amide bonds. The van der Waals surface area contributed by atoms with E-state index in [1.54, 1.807) is 42.5 Å². The summed E-state index contributed by atoms with van der Waals surface area (Å²) in [7, 11) is -3.72. The van der Waals surface area contributed by atoms with Crippen LogP contribution in [0.15, 0.2) is 53.4 Å². The molecule has 1 fully saturated rings. The van der Waals surface area contributed by atoms with Crippen molar-refractivity contribution in [3.63, 3.8) is 0 Å². The number of carbonyl (C=O) groups excluding carboxylic acids is 1. The van der Waals surface area contributed by atoms with Gasteiger partial charge in [-0.1, -0.05) is 42.3 Å². The molecule has 0 saturated carbocycles. The number of hydrogen-bond donors (Lipinski definition) is 1. The average molecular weight is 393 g/mol. The summed E-state index contributed by atoms with van der Waals surface area (Å²) < 4.78 is 27.3. The Morgan fingerprint density at radius 2 is 1.88 bits per heavy atom. The van der Waals surface area contributed by atoms with Crippen molar-refractivity contribution >= 4 is 33.2 Å². The monoisotopic (exact) mass is 392 g/mol. The maximum Gasteiger partial charge on any atom is 0.243 e. The Kier molecular flexibility index (Phi) is 5.65. The molecule has 1 atom stereocenters. The van der Waals surface area contributed by atoms with Crippen LogP contribution in [0.2, 0.25) is 5.02 Å². The third kappa shape index (κ3) is 3.92. The number of anilines is 1. The first-order valence-electron chi connectivity index (χ1n) is 8.53. The minimum absolute atomic E-state index is 0.207. The van der Waals surface area contributed by atoms with Gasteiger partial charge in [0.25, 0.3) is 0 Å². The SMILES string of the molecule is Cc1ccc(NC(=O)[C@@H]2CCCCN2S(=O)(=O)c2ccccc2)cc1Cl. The van der Waals surface area contributed by atoms with E-state index >= 15 is 0 Å². The summed E-state index contributed by atoms with van der Waals surface area (Å²) in [6.45, 7) is 2.22. The third-order valence-electron chi connectivity index (χ3n) is 4.55. The number of carbonyl (C=O) groups is 1. The predicted octanol–water partition coefficient (Wildman–Crippen LogP) is 3.83. The lowest BCUT2D eigenvalue weighted by Gasteiger charge is -2.33. The fourth-order valence-corrected chi connectivity index (χ4v) is 4.94. The van der Waals surface area contributed by atoms with Gasteiger partial charge in [0, 0.05) is 17.3 Å². The van der Waals surface area contributed by atoms with E-state index in [0.29, 0.717) is 23.7 Å². The van der Waals surface area contributed by atoms with Crippen LogP contribution < -0.4 is 5.32 Å². The summed E-state index contributed by atoms with van der Waals surface area (Å²) in [6.07, 6.45) is 2.05. The van der Waals surface area contributed by atoms with Crippen LogP contribution in [0.5, 0.6) is 0 Å². The largest absolute Gasteiger partial charge is 0.325 e. The number of nitrogens with one attached hydrogen (secondary N) is 1. The number of piperidine rings is 1. The molecule has 26 heavy (non-hydrogen) atoms. The highest BCUT2D eigenvalue weighted by molar-refractivity contribution is 7.89. The molecule has 0 bridgehead atoms. The smallest absolute Gasteiger partial charge is 0.243 e. The number of rotatable bonds is 4. The first-order chi connectivity index (χ1) is 12.4. The van der Waals surface area contributed by atoms with E-state index in [4.69, 9.17) is 11.6 Å². The molecule has 0 aromatic heterocycles. The zero-order valence-electron chi connectivity index (χ0n) is 14.5. The minimum Gasteiger partial charge on any atom is -0.325 e. The van der Waals surface area contributed by atoms with Crippen molar-refractivity contribution in [3.8, 4) is 0 Å². The second-order valence-corrected chi connectivity index (χ2v) is 8.69. The highest BCUT2D eigenvalue weighted by Gasteiger charge is 2.37. The minimum atomic E-state index is -3.72. The van der Waals surface area contributed by atoms with Crippen LogP contribution in [-0.2, 0) is 14.8 Å². The molecule has 1 N–H and O–H groups in total. The molecule has 2 aromatic carbocycles. The van der Waals surface area contributed by atoms with Gasteiger partial charge in [0.05, 0.1) is 4.90 Å². The number of aryl methyl sites for hydroxylation is 1. The average Bonchev–Trinajstić information content (AvgIpc) is 2.65. The van der Waals surface area contributed by atoms with Crippen LogP contribution in [0.3, 0.4) is 0 Å². The molecular weight excluding hydrogens is 372 g/mol. The van der Waals surface area contributed by atoms with Crippen molar-refractivity contribution in [2.75, 3.05) is 11.9 Å². The number of nitrogens with zero attached hydrogens (tertiary/aromatic N) is 1. The third-order valence-corrected chi connectivity index (χ3v) is 6.88. The van der Waals surface area contributed by atoms with Gasteiger partial charge in [-0.05, 0) is 49.6 Å². The topological polar surface area (TPSA) is 66.5 Å². The molecule has 0 radical (unpaired) electrons. The summed E-state index contributed by atoms with van der Waals surface area (Å²) in [5, 5.41) is 3.36. The molecule has 0 aliphatic carbocycles. The molecule has 1 aliphatic heterocycles. The summed E-state index contributed by atoms with van der Waals surface area (Å²) in [5.41, 5.74) is 1.48. The van der Waals surface area contributed by atoms with Gasteiger partial charge in [0.1, 0.15) is 6.04 Å². The second-order valence-electron chi connectivity index (χ2n) is 6.39. The zero-order chi connectivity index (χ0) is 18.7. The summed E-state index contributed by atoms with van der Waals surface area (Å²) in [4.78, 5) is 13.0. The number of amides is 1. The predicted molar refractivity (Wildman–Crippen MR) is 103 cm³/mol. The Morgan fingerprint density at radius 1 is 1.15 bits per heavy atom. The van der Waals surface area contributed by atoms with E-state index in [0.717, 1.165) is 18.4 Å². The lowest BCUT2D eigenvalue weighted by atomic mass is 10.0. The molecule has 7 heteroatoms. The van der Waals surface area contributed by atoms with Gasteiger partial charge >= 0.3 is 0 Å². The van der Waals surface area contributed by atoms with Gasteiger partial charge in [0.15, 0.2) is 0 Å². The van der Waals surface area contributed by atoms with E-state index in [-0.39, 0.29) is 10.8 Å². The highest BCUT2D eigenvalue weighted by Crippen LogP contribution is 2.27. The van der Waals surface area contributed by atoms with Gasteiger partial charge in [-0.2, -0.15) is 4.31 Å². The van der Waals surface area contributed by atoms with Crippen LogP contribution in [0, 0.1) is 6.92 Å². The molecular formula is C19H21ClN2O3S. The summed E-state index contributed by atoms with van der Waals surface area (Å²) in [5.74, 6) is -0.330. The summed E-state index contributed by atoms with van der Waals surface area (Å²) in [6, 6.07) is 12.8. The van der Waals surface area contributed by atoms with Crippen LogP contribution in [0.25, 0.3) is 0 Å². The van der Waals surface area contributed by atoms with Gasteiger partial charge in [-0.3, -0.25) is 4.79 Å². The fourth-order valence-electron chi connectivity index (χ4n) is 3.08. The van der Waals surface area contributed by atoms with Crippen LogP contribution in [-0.4, -0.2) is 31.2 Å². The normalized spacial score (nSPS) is 18.5. The van der Waals surface area contributed by atoms with E-state index in [2.05, 4.69) is 5.32 Å². The summed E-state index contributed by atoms with van der Waals surface area (Å²) >= 11 is 6.11. The first-order valence-corrected chi connectivity index (χ1v) is 10.4. The molecule has 0 unspecified atom stereocenters. The second kappa shape index (κ2) is 7.78. The van der Waals surface area contributed by atoms with E-state index in [9.17, 15) is 13.2 Å². The first kappa shape index (κ1) is 18.9. The lowest BCUT2D eigenvalue weighted by molar-refractivity contribution is -0.120. The molecule has 1 heterocycles. The maximum atomic E-state index is 13.0. The number of hydrogen-bond acceptors (Lipinski definition) is 3.